The molecule has 0 aliphatic heterocycles. The van der Waals surface area contributed by atoms with E-state index in [1.165, 1.54) is 6.20 Å². The molecule has 18 heavy (non-hydrogen) atoms. The molecule has 0 saturated carbocycles. The van der Waals surface area contributed by atoms with Gasteiger partial charge in [-0.15, -0.1) is 0 Å². The number of aromatic nitrogens is 1. The van der Waals surface area contributed by atoms with Crippen molar-refractivity contribution in [2.45, 2.75) is 0 Å². The van der Waals surface area contributed by atoms with E-state index < -0.39 is 0 Å². The molecular formula is C13H15ClN4. The number of nitrogens with two attached hydrogens (primary N) is 2. The van der Waals surface area contributed by atoms with Crippen LogP contribution in [0.15, 0.2) is 41.1 Å². The van der Waals surface area contributed by atoms with E-state index in [0.29, 0.717) is 16.4 Å². The van der Waals surface area contributed by atoms with E-state index in [1.807, 2.05) is 0 Å². The summed E-state index contributed by atoms with van der Waals surface area (Å²) in [5.41, 5.74) is 14.1. The number of hydrogen-bond donors (Lipinski definition) is 2. The average Bonchev–Trinajstić information content (AvgIpc) is 2.34. The molecule has 94 valence electrons. The Bertz CT molecular complexity index is 530. The SMILES string of the molecule is C=C(Cl)C=Cc1ncc(C(C=NC)=CN)cc1N. The molecule has 0 saturated heterocycles. The molecule has 5 heteroatoms. The molecule has 0 bridgehead atoms. The summed E-state index contributed by atoms with van der Waals surface area (Å²) in [5, 5.41) is 0.418. The molecular weight excluding hydrogens is 248 g/mol. The molecule has 4 N–H and O–H groups in total. The van der Waals surface area contributed by atoms with Crippen LogP contribution in [0.1, 0.15) is 11.3 Å². The summed E-state index contributed by atoms with van der Waals surface area (Å²) in [6, 6.07) is 1.78. The molecule has 0 atom stereocenters. The lowest BCUT2D eigenvalue weighted by Crippen LogP contribution is -1.98. The topological polar surface area (TPSA) is 77.3 Å². The summed E-state index contributed by atoms with van der Waals surface area (Å²) < 4.78 is 0. The van der Waals surface area contributed by atoms with Gasteiger partial charge in [0, 0.05) is 41.8 Å². The van der Waals surface area contributed by atoms with E-state index >= 15 is 0 Å². The van der Waals surface area contributed by atoms with Gasteiger partial charge in [-0.25, -0.2) is 0 Å². The maximum atomic E-state index is 5.90. The van der Waals surface area contributed by atoms with Crippen LogP contribution < -0.4 is 11.5 Å². The van der Waals surface area contributed by atoms with Crippen molar-refractivity contribution in [2.75, 3.05) is 12.8 Å². The number of rotatable bonds is 4. The summed E-state index contributed by atoms with van der Waals surface area (Å²) in [4.78, 5) is 8.14. The molecule has 0 amide bonds. The van der Waals surface area contributed by atoms with Crippen LogP contribution in [-0.2, 0) is 0 Å². The normalized spacial score (nSPS) is 12.4. The van der Waals surface area contributed by atoms with Crippen molar-refractivity contribution in [3.8, 4) is 0 Å². The minimum Gasteiger partial charge on any atom is -0.404 e. The second-order valence-corrected chi connectivity index (χ2v) is 3.97. The molecule has 0 fully saturated rings. The van der Waals surface area contributed by atoms with E-state index in [-0.39, 0.29) is 0 Å². The lowest BCUT2D eigenvalue weighted by molar-refractivity contribution is 1.28. The van der Waals surface area contributed by atoms with Gasteiger partial charge in [0.05, 0.1) is 11.4 Å². The molecule has 0 aliphatic carbocycles. The van der Waals surface area contributed by atoms with E-state index in [1.54, 1.807) is 37.7 Å². The summed E-state index contributed by atoms with van der Waals surface area (Å²) in [5.74, 6) is 0. The van der Waals surface area contributed by atoms with Crippen molar-refractivity contribution in [1.82, 2.24) is 4.98 Å². The molecule has 1 heterocycles. The Kier molecular flexibility index (Phi) is 5.14. The molecule has 1 aromatic rings. The Morgan fingerprint density at radius 1 is 1.56 bits per heavy atom. The van der Waals surface area contributed by atoms with E-state index in [9.17, 15) is 0 Å². The van der Waals surface area contributed by atoms with Gasteiger partial charge < -0.3 is 11.5 Å². The fourth-order valence-electron chi connectivity index (χ4n) is 1.31. The predicted molar refractivity (Wildman–Crippen MR) is 79.3 cm³/mol. The standard InChI is InChI=1S/C13H15ClN4/c1-9(14)3-4-13-12(16)5-10(8-18-13)11(6-15)7-17-2/h3-8H,1,15-16H2,2H3. The number of anilines is 1. The van der Waals surface area contributed by atoms with Crippen molar-refractivity contribution in [1.29, 1.82) is 0 Å². The van der Waals surface area contributed by atoms with Gasteiger partial charge in [-0.2, -0.15) is 0 Å². The molecule has 0 aromatic carbocycles. The third kappa shape index (κ3) is 3.75. The summed E-state index contributed by atoms with van der Waals surface area (Å²) in [7, 11) is 1.67. The summed E-state index contributed by atoms with van der Waals surface area (Å²) >= 11 is 5.63. The molecule has 0 spiro atoms. The number of allylic oxidation sites excluding steroid dienone is 3. The fraction of sp³-hybridized carbons (Fsp3) is 0.0769. The highest BCUT2D eigenvalue weighted by molar-refractivity contribution is 6.31. The Hall–Kier alpha value is -2.07. The first-order chi connectivity index (χ1) is 8.58. The van der Waals surface area contributed by atoms with Crippen LogP contribution in [0.2, 0.25) is 0 Å². The van der Waals surface area contributed by atoms with E-state index in [0.717, 1.165) is 11.1 Å². The van der Waals surface area contributed by atoms with Crippen molar-refractivity contribution in [3.05, 3.63) is 47.4 Å². The van der Waals surface area contributed by atoms with Gasteiger partial charge in [0.2, 0.25) is 0 Å². The third-order valence-electron chi connectivity index (χ3n) is 2.15. The highest BCUT2D eigenvalue weighted by atomic mass is 35.5. The maximum absolute atomic E-state index is 5.90. The number of aliphatic imine (C=N–C) groups is 1. The summed E-state index contributed by atoms with van der Waals surface area (Å²) in [6.45, 7) is 3.55. The van der Waals surface area contributed by atoms with Crippen LogP contribution in [-0.4, -0.2) is 18.2 Å². The van der Waals surface area contributed by atoms with Gasteiger partial charge in [-0.05, 0) is 18.2 Å². The lowest BCUT2D eigenvalue weighted by atomic mass is 10.1. The zero-order valence-corrected chi connectivity index (χ0v) is 10.9. The fourth-order valence-corrected chi connectivity index (χ4v) is 1.37. The average molecular weight is 263 g/mol. The Morgan fingerprint density at radius 3 is 2.78 bits per heavy atom. The van der Waals surface area contributed by atoms with Gasteiger partial charge in [0.15, 0.2) is 0 Å². The summed E-state index contributed by atoms with van der Waals surface area (Å²) in [6.07, 6.45) is 8.11. The monoisotopic (exact) mass is 262 g/mol. The molecule has 1 rings (SSSR count). The molecule has 0 radical (unpaired) electrons. The molecule has 0 aliphatic rings. The first-order valence-corrected chi connectivity index (χ1v) is 5.58. The number of hydrogen-bond acceptors (Lipinski definition) is 4. The van der Waals surface area contributed by atoms with E-state index in [4.69, 9.17) is 23.1 Å². The van der Waals surface area contributed by atoms with Crippen LogP contribution in [0.5, 0.6) is 0 Å². The van der Waals surface area contributed by atoms with E-state index in [2.05, 4.69) is 16.6 Å². The Morgan fingerprint density at radius 2 is 2.28 bits per heavy atom. The quantitative estimate of drug-likeness (QED) is 0.646. The molecule has 1 aromatic heterocycles. The number of nitrogens with zero attached hydrogens (tertiary/aromatic N) is 2. The Balaban J connectivity index is 3.09. The van der Waals surface area contributed by atoms with Crippen LogP contribution in [0.4, 0.5) is 5.69 Å². The number of nitrogen functional groups attached to an aromatic ring is 1. The highest BCUT2D eigenvalue weighted by Crippen LogP contribution is 2.18. The van der Waals surface area contributed by atoms with Crippen molar-refractivity contribution < 1.29 is 0 Å². The number of halogens is 1. The zero-order chi connectivity index (χ0) is 13.5. The van der Waals surface area contributed by atoms with Gasteiger partial charge in [-0.1, -0.05) is 18.2 Å². The van der Waals surface area contributed by atoms with Gasteiger partial charge in [0.25, 0.3) is 0 Å². The van der Waals surface area contributed by atoms with Crippen LogP contribution in [0.3, 0.4) is 0 Å². The second kappa shape index (κ2) is 6.61. The largest absolute Gasteiger partial charge is 0.404 e. The first kappa shape index (κ1) is 14.0. The second-order valence-electron chi connectivity index (χ2n) is 3.49. The third-order valence-corrected chi connectivity index (χ3v) is 2.28. The van der Waals surface area contributed by atoms with Crippen molar-refractivity contribution >= 4 is 35.2 Å². The first-order valence-electron chi connectivity index (χ1n) is 5.21. The minimum absolute atomic E-state index is 0.418. The highest BCUT2D eigenvalue weighted by Gasteiger charge is 2.03. The van der Waals surface area contributed by atoms with Crippen LogP contribution in [0.25, 0.3) is 11.6 Å². The van der Waals surface area contributed by atoms with Gasteiger partial charge in [-0.3, -0.25) is 9.98 Å². The maximum Gasteiger partial charge on any atom is 0.0859 e. The molecule has 4 nitrogen and oxygen atoms in total. The van der Waals surface area contributed by atoms with Crippen molar-refractivity contribution in [3.63, 3.8) is 0 Å². The smallest absolute Gasteiger partial charge is 0.0859 e. The lowest BCUT2D eigenvalue weighted by Gasteiger charge is -2.04. The minimum atomic E-state index is 0.418. The van der Waals surface area contributed by atoms with Gasteiger partial charge in [0.1, 0.15) is 0 Å². The predicted octanol–water partition coefficient (Wildman–Crippen LogP) is 2.43. The van der Waals surface area contributed by atoms with Crippen molar-refractivity contribution in [2.24, 2.45) is 10.7 Å². The van der Waals surface area contributed by atoms with Gasteiger partial charge >= 0.3 is 0 Å². The number of pyridine rings is 1. The zero-order valence-electron chi connectivity index (χ0n) is 10.1. The van der Waals surface area contributed by atoms with Crippen LogP contribution >= 0.6 is 11.6 Å². The Labute approximate surface area is 111 Å². The molecule has 0 unspecified atom stereocenters. The van der Waals surface area contributed by atoms with Crippen LogP contribution in [0, 0.1) is 0 Å².